The zero-order chi connectivity index (χ0) is 11.7. The molecule has 0 fully saturated rings. The van der Waals surface area contributed by atoms with E-state index in [2.05, 4.69) is 5.10 Å². The first-order chi connectivity index (χ1) is 7.58. The van der Waals surface area contributed by atoms with Crippen LogP contribution in [0.3, 0.4) is 0 Å². The van der Waals surface area contributed by atoms with Crippen molar-refractivity contribution in [2.75, 3.05) is 19.0 Å². The highest BCUT2D eigenvalue weighted by atomic mass is 19.1. The Labute approximate surface area is 94.1 Å². The lowest BCUT2D eigenvalue weighted by Gasteiger charge is -2.07. The van der Waals surface area contributed by atoms with Gasteiger partial charge in [-0.25, -0.2) is 9.07 Å². The van der Waals surface area contributed by atoms with E-state index in [4.69, 9.17) is 0 Å². The van der Waals surface area contributed by atoms with E-state index in [0.29, 0.717) is 0 Å². The van der Waals surface area contributed by atoms with Gasteiger partial charge in [-0.3, -0.25) is 0 Å². The van der Waals surface area contributed by atoms with Crippen molar-refractivity contribution in [1.82, 2.24) is 9.78 Å². The monoisotopic (exact) mass is 219 g/mol. The van der Waals surface area contributed by atoms with Crippen LogP contribution in [0.15, 0.2) is 30.3 Å². The zero-order valence-electron chi connectivity index (χ0n) is 9.61. The summed E-state index contributed by atoms with van der Waals surface area (Å²) in [5.41, 5.74) is 1.89. The van der Waals surface area contributed by atoms with Crippen molar-refractivity contribution < 1.29 is 4.39 Å². The maximum atomic E-state index is 12.8. The number of nitrogens with zero attached hydrogens (tertiary/aromatic N) is 3. The topological polar surface area (TPSA) is 21.1 Å². The Morgan fingerprint density at radius 1 is 1.19 bits per heavy atom. The lowest BCUT2D eigenvalue weighted by Crippen LogP contribution is -2.09. The van der Waals surface area contributed by atoms with Gasteiger partial charge in [0.05, 0.1) is 5.69 Å². The van der Waals surface area contributed by atoms with Crippen molar-refractivity contribution in [3.63, 3.8) is 0 Å². The van der Waals surface area contributed by atoms with Gasteiger partial charge in [-0.05, 0) is 31.2 Å². The molecule has 3 nitrogen and oxygen atoms in total. The Kier molecular flexibility index (Phi) is 2.64. The van der Waals surface area contributed by atoms with E-state index in [1.165, 1.54) is 12.1 Å². The zero-order valence-corrected chi connectivity index (χ0v) is 9.61. The lowest BCUT2D eigenvalue weighted by atomic mass is 10.3. The van der Waals surface area contributed by atoms with Crippen LogP contribution in [-0.4, -0.2) is 23.9 Å². The van der Waals surface area contributed by atoms with E-state index in [-0.39, 0.29) is 5.82 Å². The van der Waals surface area contributed by atoms with Gasteiger partial charge in [0.2, 0.25) is 0 Å². The molecule has 2 aromatic rings. The molecule has 2 rings (SSSR count). The Hall–Kier alpha value is -1.84. The molecule has 0 N–H and O–H groups in total. The third-order valence-electron chi connectivity index (χ3n) is 2.40. The number of hydrogen-bond donors (Lipinski definition) is 0. The second kappa shape index (κ2) is 3.96. The Morgan fingerprint density at radius 2 is 1.81 bits per heavy atom. The number of rotatable bonds is 2. The Balaban J connectivity index is 2.44. The summed E-state index contributed by atoms with van der Waals surface area (Å²) in [6.45, 7) is 1.98. The van der Waals surface area contributed by atoms with Crippen molar-refractivity contribution in [1.29, 1.82) is 0 Å². The average Bonchev–Trinajstić information content (AvgIpc) is 2.62. The summed E-state index contributed by atoms with van der Waals surface area (Å²) in [6.07, 6.45) is 0. The molecule has 4 heteroatoms. The molecule has 0 spiro atoms. The minimum atomic E-state index is -0.235. The molecule has 0 radical (unpaired) electrons. The minimum absolute atomic E-state index is 0.235. The van der Waals surface area contributed by atoms with Crippen LogP contribution in [0.2, 0.25) is 0 Å². The van der Waals surface area contributed by atoms with E-state index in [1.54, 1.807) is 16.8 Å². The van der Waals surface area contributed by atoms with Gasteiger partial charge in [0.25, 0.3) is 0 Å². The highest BCUT2D eigenvalue weighted by Crippen LogP contribution is 2.16. The molecule has 0 aliphatic heterocycles. The van der Waals surface area contributed by atoms with Crippen molar-refractivity contribution in [3.05, 3.63) is 41.8 Å². The van der Waals surface area contributed by atoms with Crippen LogP contribution in [-0.2, 0) is 0 Å². The molecule has 0 amide bonds. The van der Waals surface area contributed by atoms with Crippen LogP contribution in [0.25, 0.3) is 5.69 Å². The number of aryl methyl sites for hydroxylation is 1. The Morgan fingerprint density at radius 3 is 2.31 bits per heavy atom. The van der Waals surface area contributed by atoms with Gasteiger partial charge in [0, 0.05) is 25.9 Å². The van der Waals surface area contributed by atoms with Gasteiger partial charge in [-0.2, -0.15) is 5.10 Å². The molecule has 16 heavy (non-hydrogen) atoms. The fourth-order valence-electron chi connectivity index (χ4n) is 1.52. The van der Waals surface area contributed by atoms with Crippen molar-refractivity contribution in [3.8, 4) is 5.69 Å². The summed E-state index contributed by atoms with van der Waals surface area (Å²) in [5, 5.41) is 4.43. The summed E-state index contributed by atoms with van der Waals surface area (Å²) >= 11 is 0. The molecular weight excluding hydrogens is 205 g/mol. The normalized spacial score (nSPS) is 10.5. The minimum Gasteiger partial charge on any atom is -0.361 e. The molecule has 0 atom stereocenters. The molecular formula is C12H14FN3. The first-order valence-electron chi connectivity index (χ1n) is 5.08. The van der Waals surface area contributed by atoms with Crippen molar-refractivity contribution in [2.45, 2.75) is 6.92 Å². The summed E-state index contributed by atoms with van der Waals surface area (Å²) in [4.78, 5) is 1.94. The second-order valence-corrected chi connectivity index (χ2v) is 3.93. The first kappa shape index (κ1) is 10.7. The third-order valence-corrected chi connectivity index (χ3v) is 2.40. The van der Waals surface area contributed by atoms with Crippen molar-refractivity contribution in [2.24, 2.45) is 0 Å². The van der Waals surface area contributed by atoms with E-state index in [1.807, 2.05) is 32.0 Å². The molecule has 0 unspecified atom stereocenters. The predicted octanol–water partition coefficient (Wildman–Crippen LogP) is 2.39. The highest BCUT2D eigenvalue weighted by molar-refractivity contribution is 5.42. The Bertz CT molecular complexity index is 485. The van der Waals surface area contributed by atoms with Crippen LogP contribution in [0, 0.1) is 12.7 Å². The van der Waals surface area contributed by atoms with Crippen LogP contribution in [0.4, 0.5) is 10.2 Å². The largest absolute Gasteiger partial charge is 0.361 e. The number of halogens is 1. The SMILES string of the molecule is Cc1cc(N(C)C)nn1-c1ccc(F)cc1. The quantitative estimate of drug-likeness (QED) is 0.773. The number of hydrogen-bond acceptors (Lipinski definition) is 2. The first-order valence-corrected chi connectivity index (χ1v) is 5.08. The van der Waals surface area contributed by atoms with Gasteiger partial charge in [0.1, 0.15) is 5.82 Å². The number of benzene rings is 1. The third kappa shape index (κ3) is 1.91. The van der Waals surface area contributed by atoms with Gasteiger partial charge in [0.15, 0.2) is 5.82 Å². The number of aromatic nitrogens is 2. The van der Waals surface area contributed by atoms with E-state index in [9.17, 15) is 4.39 Å². The van der Waals surface area contributed by atoms with Gasteiger partial charge < -0.3 is 4.90 Å². The van der Waals surface area contributed by atoms with E-state index in [0.717, 1.165) is 17.2 Å². The smallest absolute Gasteiger partial charge is 0.150 e. The van der Waals surface area contributed by atoms with E-state index < -0.39 is 0 Å². The molecule has 1 aromatic heterocycles. The molecule has 0 aliphatic carbocycles. The van der Waals surface area contributed by atoms with Crippen LogP contribution >= 0.6 is 0 Å². The van der Waals surface area contributed by atoms with Gasteiger partial charge >= 0.3 is 0 Å². The van der Waals surface area contributed by atoms with E-state index >= 15 is 0 Å². The van der Waals surface area contributed by atoms with Gasteiger partial charge in [-0.15, -0.1) is 0 Å². The van der Waals surface area contributed by atoms with Crippen LogP contribution < -0.4 is 4.90 Å². The summed E-state index contributed by atoms with van der Waals surface area (Å²) in [7, 11) is 3.88. The summed E-state index contributed by atoms with van der Waals surface area (Å²) < 4.78 is 14.6. The standard InChI is InChI=1S/C12H14FN3/c1-9-8-12(15(2)3)14-16(9)11-6-4-10(13)5-7-11/h4-8H,1-3H3. The second-order valence-electron chi connectivity index (χ2n) is 3.93. The molecule has 0 bridgehead atoms. The summed E-state index contributed by atoms with van der Waals surface area (Å²) in [6, 6.07) is 8.30. The molecule has 0 saturated heterocycles. The fraction of sp³-hybridized carbons (Fsp3) is 0.250. The van der Waals surface area contributed by atoms with Crippen LogP contribution in [0.1, 0.15) is 5.69 Å². The highest BCUT2D eigenvalue weighted by Gasteiger charge is 2.07. The molecule has 1 heterocycles. The average molecular weight is 219 g/mol. The molecule has 0 saturated carbocycles. The fourth-order valence-corrected chi connectivity index (χ4v) is 1.52. The van der Waals surface area contributed by atoms with Crippen LogP contribution in [0.5, 0.6) is 0 Å². The molecule has 0 aliphatic rings. The predicted molar refractivity (Wildman–Crippen MR) is 62.6 cm³/mol. The lowest BCUT2D eigenvalue weighted by molar-refractivity contribution is 0.627. The number of anilines is 1. The maximum Gasteiger partial charge on any atom is 0.150 e. The molecule has 84 valence electrons. The maximum absolute atomic E-state index is 12.8. The summed E-state index contributed by atoms with van der Waals surface area (Å²) in [5.74, 6) is 0.656. The van der Waals surface area contributed by atoms with Gasteiger partial charge in [-0.1, -0.05) is 0 Å². The van der Waals surface area contributed by atoms with Crippen molar-refractivity contribution >= 4 is 5.82 Å². The molecule has 1 aromatic carbocycles.